The Bertz CT molecular complexity index is 1920. The highest BCUT2D eigenvalue weighted by molar-refractivity contribution is 8.00. The number of alkyl halides is 30. The van der Waals surface area contributed by atoms with Crippen LogP contribution in [0.5, 0.6) is 0 Å². The lowest BCUT2D eigenvalue weighted by molar-refractivity contribution is -0.457. The van der Waals surface area contributed by atoms with Gasteiger partial charge in [-0.3, -0.25) is 5.32 Å². The SMILES string of the molecule is Cc1ccc(NC(=O)OC(CSCCC(F)(F)C(F)(F)C(F)(F)C(F)(F)C(F)(C(F)(F)F)C(F)(F)F)CSCCC(F)(F)C(F)(F)C(F)(F)C(F)(F)C(F)(C(F)(F)F)C(F)(F)F)cc1NC(=O)N1CC1C. The number of carbonyl (C=O) groups is 2. The minimum absolute atomic E-state index is 0.0419. The van der Waals surface area contributed by atoms with Crippen LogP contribution in [-0.4, -0.2) is 142 Å². The predicted molar refractivity (Wildman–Crippen MR) is 186 cm³/mol. The van der Waals surface area contributed by atoms with Crippen molar-refractivity contribution in [2.75, 3.05) is 40.2 Å². The van der Waals surface area contributed by atoms with Crippen LogP contribution in [0.25, 0.3) is 0 Å². The predicted octanol–water partition coefficient (Wildman–Crippen LogP) is 14.1. The molecule has 0 bridgehead atoms. The zero-order valence-corrected chi connectivity index (χ0v) is 35.8. The van der Waals surface area contributed by atoms with Crippen LogP contribution in [0.1, 0.15) is 25.3 Å². The molecule has 1 aliphatic heterocycles. The van der Waals surface area contributed by atoms with E-state index in [1.807, 2.05) is 5.32 Å². The number of halogens is 30. The standard InChI is InChI=1S/C33H27F30N3O3S2/c1-13-3-4-15(9-17(13)65-18(67)66-10-14(66)2)64-19(68)69-16(11-70-7-5-20(34,35)24(40,41)28(48,49)26(44,45)22(38,30(52,53)54)31(55,56)57)12-71-8-6-21(36,37)25(42,43)29(50,51)27(46,47)23(39,32(58,59)60)33(61,62)63/h3-4,9,14,16H,5-8,10-12H2,1-2H3,(H,64,68)(H,65,67). The van der Waals surface area contributed by atoms with Crippen LogP contribution < -0.4 is 10.6 Å². The molecule has 1 atom stereocenters. The molecule has 71 heavy (non-hydrogen) atoms. The Morgan fingerprint density at radius 3 is 1.21 bits per heavy atom. The van der Waals surface area contributed by atoms with Gasteiger partial charge >= 0.3 is 95.5 Å². The molecule has 38 heteroatoms. The fraction of sp³-hybridized carbons (Fsp3) is 0.758. The second-order valence-electron chi connectivity index (χ2n) is 14.9. The maximum atomic E-state index is 14.4. The molecule has 1 heterocycles. The lowest BCUT2D eigenvalue weighted by Gasteiger charge is -2.43. The van der Waals surface area contributed by atoms with Crippen LogP contribution >= 0.6 is 23.5 Å². The van der Waals surface area contributed by atoms with Crippen molar-refractivity contribution in [3.63, 3.8) is 0 Å². The second-order valence-corrected chi connectivity index (χ2v) is 17.2. The summed E-state index contributed by atoms with van der Waals surface area (Å²) in [7, 11) is 0. The number of urea groups is 1. The van der Waals surface area contributed by atoms with Crippen molar-refractivity contribution < 1.29 is 146 Å². The molecule has 0 saturated carbocycles. The van der Waals surface area contributed by atoms with E-state index in [1.165, 1.54) is 17.9 Å². The number of benzene rings is 1. The Labute approximate surface area is 384 Å². The van der Waals surface area contributed by atoms with Gasteiger partial charge in [-0.15, -0.1) is 0 Å². The normalized spacial score (nSPS) is 16.9. The fourth-order valence-corrected chi connectivity index (χ4v) is 7.60. The molecule has 414 valence electrons. The number of aryl methyl sites for hydroxylation is 1. The molecule has 1 aromatic rings. The summed E-state index contributed by atoms with van der Waals surface area (Å²) >= 11 is -0.871. The molecule has 1 unspecified atom stereocenters. The van der Waals surface area contributed by atoms with Crippen LogP contribution in [0, 0.1) is 6.92 Å². The van der Waals surface area contributed by atoms with Gasteiger partial charge in [0.15, 0.2) is 0 Å². The van der Waals surface area contributed by atoms with E-state index in [9.17, 15) is 141 Å². The van der Waals surface area contributed by atoms with Gasteiger partial charge in [-0.25, -0.2) is 18.4 Å². The van der Waals surface area contributed by atoms with Crippen molar-refractivity contribution >= 4 is 47.0 Å². The first-order valence-electron chi connectivity index (χ1n) is 18.2. The first-order valence-corrected chi connectivity index (χ1v) is 20.5. The average Bonchev–Trinajstić information content (AvgIpc) is 3.92. The highest BCUT2D eigenvalue weighted by atomic mass is 32.2. The molecule has 2 N–H and O–H groups in total. The van der Waals surface area contributed by atoms with Gasteiger partial charge in [0, 0.05) is 48.3 Å². The molecule has 0 radical (unpaired) electrons. The quantitative estimate of drug-likeness (QED) is 0.0729. The average molecular weight is 1150 g/mol. The van der Waals surface area contributed by atoms with E-state index in [0.29, 0.717) is 12.1 Å². The summed E-state index contributed by atoms with van der Waals surface area (Å²) in [5.41, 5.74) is -17.4. The molecule has 6 nitrogen and oxygen atoms in total. The summed E-state index contributed by atoms with van der Waals surface area (Å²) in [5.74, 6) is -71.1. The number of amides is 3. The summed E-state index contributed by atoms with van der Waals surface area (Å²) in [6, 6.07) is 2.34. The van der Waals surface area contributed by atoms with Gasteiger partial charge in [-0.1, -0.05) is 6.07 Å². The molecule has 0 aromatic heterocycles. The van der Waals surface area contributed by atoms with Crippen LogP contribution in [0.15, 0.2) is 18.2 Å². The monoisotopic (exact) mass is 1150 g/mol. The van der Waals surface area contributed by atoms with E-state index in [0.717, 1.165) is 12.1 Å². The first kappa shape index (κ1) is 63.5. The van der Waals surface area contributed by atoms with Gasteiger partial charge < -0.3 is 15.0 Å². The highest BCUT2D eigenvalue weighted by Crippen LogP contribution is 2.66. The molecular weight excluding hydrogens is 1120 g/mol. The van der Waals surface area contributed by atoms with Gasteiger partial charge in [-0.2, -0.15) is 146 Å². The van der Waals surface area contributed by atoms with E-state index < -0.39 is 161 Å². The number of carbonyl (C=O) groups excluding carboxylic acids is 2. The Morgan fingerprint density at radius 1 is 0.563 bits per heavy atom. The van der Waals surface area contributed by atoms with Crippen LogP contribution in [0.2, 0.25) is 0 Å². The Hall–Kier alpha value is -3.64. The molecule has 1 aromatic carbocycles. The van der Waals surface area contributed by atoms with Crippen LogP contribution in [-0.2, 0) is 4.74 Å². The maximum absolute atomic E-state index is 14.4. The van der Waals surface area contributed by atoms with Crippen molar-refractivity contribution in [3.05, 3.63) is 23.8 Å². The topological polar surface area (TPSA) is 70.4 Å². The number of hydrogen-bond acceptors (Lipinski definition) is 5. The largest absolute Gasteiger partial charge is 0.444 e. The van der Waals surface area contributed by atoms with Crippen molar-refractivity contribution in [2.45, 2.75) is 122 Å². The number of ether oxygens (including phenoxy) is 1. The van der Waals surface area contributed by atoms with Gasteiger partial charge in [0.25, 0.3) is 0 Å². The van der Waals surface area contributed by atoms with Crippen molar-refractivity contribution in [1.82, 2.24) is 4.90 Å². The third kappa shape index (κ3) is 11.4. The Balaban J connectivity index is 2.40. The smallest absolute Gasteiger partial charge is 0.438 e. The number of anilines is 2. The minimum Gasteiger partial charge on any atom is -0.444 e. The van der Waals surface area contributed by atoms with Gasteiger partial charge in [-0.05, 0) is 43.0 Å². The highest BCUT2D eigenvalue weighted by Gasteiger charge is 2.97. The van der Waals surface area contributed by atoms with Crippen molar-refractivity contribution in [1.29, 1.82) is 0 Å². The number of nitrogens with zero attached hydrogens (tertiary/aromatic N) is 1. The summed E-state index contributed by atoms with van der Waals surface area (Å²) in [4.78, 5) is 26.3. The zero-order valence-electron chi connectivity index (χ0n) is 34.2. The Morgan fingerprint density at radius 2 is 0.901 bits per heavy atom. The number of thioether (sulfide) groups is 2. The third-order valence-electron chi connectivity index (χ3n) is 9.77. The van der Waals surface area contributed by atoms with Gasteiger partial charge in [0.2, 0.25) is 0 Å². The maximum Gasteiger partial charge on any atom is 0.438 e. The first-order chi connectivity index (χ1) is 31.2. The van der Waals surface area contributed by atoms with Gasteiger partial charge in [0.1, 0.15) is 6.10 Å². The molecule has 1 aliphatic rings. The summed E-state index contributed by atoms with van der Waals surface area (Å²) in [6.45, 7) is 3.31. The van der Waals surface area contributed by atoms with Gasteiger partial charge in [0.05, 0.1) is 0 Å². The van der Waals surface area contributed by atoms with Crippen molar-refractivity contribution in [2.24, 2.45) is 0 Å². The van der Waals surface area contributed by atoms with Crippen LogP contribution in [0.3, 0.4) is 0 Å². The lowest BCUT2D eigenvalue weighted by atomic mass is 9.85. The fourth-order valence-electron chi connectivity index (χ4n) is 5.42. The van der Waals surface area contributed by atoms with E-state index in [1.54, 1.807) is 6.92 Å². The molecule has 2 rings (SSSR count). The third-order valence-corrected chi connectivity index (χ3v) is 12.0. The molecule has 0 spiro atoms. The molecule has 0 aliphatic carbocycles. The van der Waals surface area contributed by atoms with E-state index in [2.05, 4.69) is 5.32 Å². The van der Waals surface area contributed by atoms with E-state index >= 15 is 0 Å². The molecule has 1 fully saturated rings. The lowest BCUT2D eigenvalue weighted by Crippen LogP contribution is -2.75. The minimum atomic E-state index is -8.78. The summed E-state index contributed by atoms with van der Waals surface area (Å²) in [5, 5.41) is 4.28. The van der Waals surface area contributed by atoms with Crippen molar-refractivity contribution in [3.8, 4) is 0 Å². The summed E-state index contributed by atoms with van der Waals surface area (Å²) in [6.07, 6.45) is -43.1. The molecule has 1 saturated heterocycles. The molecule has 3 amide bonds. The van der Waals surface area contributed by atoms with E-state index in [4.69, 9.17) is 4.74 Å². The zero-order chi connectivity index (χ0) is 56.2. The number of hydrogen-bond donors (Lipinski definition) is 2. The van der Waals surface area contributed by atoms with E-state index in [-0.39, 0.29) is 17.4 Å². The molecular formula is C33H27F30N3O3S2. The number of rotatable bonds is 21. The second kappa shape index (κ2) is 19.9. The van der Waals surface area contributed by atoms with Crippen LogP contribution in [0.4, 0.5) is 153 Å². The Kier molecular flexibility index (Phi) is 17.8. The number of nitrogens with one attached hydrogen (secondary N) is 2. The summed E-state index contributed by atoms with van der Waals surface area (Å²) < 4.78 is 413.